The maximum atomic E-state index is 13.0. The first-order valence-electron chi connectivity index (χ1n) is 14.7. The van der Waals surface area contributed by atoms with Crippen molar-refractivity contribution in [1.82, 2.24) is 4.90 Å². The second-order valence-corrected chi connectivity index (χ2v) is 11.0. The highest BCUT2D eigenvalue weighted by Crippen LogP contribution is 2.35. The highest BCUT2D eigenvalue weighted by Gasteiger charge is 2.35. The van der Waals surface area contributed by atoms with Crippen LogP contribution in [0, 0.1) is 5.92 Å². The molecule has 1 amide bonds. The van der Waals surface area contributed by atoms with Gasteiger partial charge in [-0.1, -0.05) is 32.0 Å². The molecule has 2 aromatic carbocycles. The maximum absolute atomic E-state index is 13.0. The Bertz CT molecular complexity index is 1170. The molecule has 1 fully saturated rings. The molecule has 0 bridgehead atoms. The highest BCUT2D eigenvalue weighted by molar-refractivity contribution is 5.72. The summed E-state index contributed by atoms with van der Waals surface area (Å²) in [7, 11) is 3.36. The number of benzene rings is 2. The van der Waals surface area contributed by atoms with Crippen LogP contribution in [0.15, 0.2) is 42.5 Å². The van der Waals surface area contributed by atoms with Crippen LogP contribution in [0.2, 0.25) is 0 Å². The van der Waals surface area contributed by atoms with E-state index in [0.29, 0.717) is 39.3 Å². The number of piperidine rings is 1. The number of nitrogens with zero attached hydrogens (tertiary/aromatic N) is 2. The normalized spacial score (nSPS) is 19.1. The van der Waals surface area contributed by atoms with Gasteiger partial charge in [0.1, 0.15) is 18.1 Å². The van der Waals surface area contributed by atoms with E-state index in [0.717, 1.165) is 47.8 Å². The molecule has 1 unspecified atom stereocenters. The van der Waals surface area contributed by atoms with Gasteiger partial charge in [-0.05, 0) is 48.2 Å². The molecule has 0 spiro atoms. The number of ether oxygens (including phenoxy) is 6. The standard InChI is InChI=1S/C32H44N2O8/c1-22(2)31(35)41-23(3)42-32(36)34-15-13-27(25-8-10-26(38-5)11-9-25)30(20-34)40-21-24-7-12-29-28(19-24)33(16-18-39-29)14-6-17-37-4/h7-12,19,22-23,27,30H,6,13-18,20-21H2,1-5H3/t23?,27-,30+/m1/s1. The summed E-state index contributed by atoms with van der Waals surface area (Å²) in [6.45, 7) is 9.31. The van der Waals surface area contributed by atoms with Gasteiger partial charge in [0.2, 0.25) is 6.29 Å². The van der Waals surface area contributed by atoms with Gasteiger partial charge < -0.3 is 38.2 Å². The molecule has 0 N–H and O–H groups in total. The molecule has 42 heavy (non-hydrogen) atoms. The Hall–Kier alpha value is -3.50. The molecule has 0 saturated carbocycles. The first kappa shape index (κ1) is 31.4. The summed E-state index contributed by atoms with van der Waals surface area (Å²) in [5.41, 5.74) is 3.21. The fraction of sp³-hybridized carbons (Fsp3) is 0.562. The number of rotatable bonds is 12. The van der Waals surface area contributed by atoms with E-state index in [1.54, 1.807) is 39.9 Å². The molecule has 2 aliphatic rings. The number of anilines is 1. The van der Waals surface area contributed by atoms with E-state index in [1.165, 1.54) is 0 Å². The van der Waals surface area contributed by atoms with Gasteiger partial charge in [-0.25, -0.2) is 4.79 Å². The molecule has 230 valence electrons. The molecule has 10 nitrogen and oxygen atoms in total. The molecule has 0 radical (unpaired) electrons. The van der Waals surface area contributed by atoms with Crippen molar-refractivity contribution < 1.29 is 38.0 Å². The molecule has 2 heterocycles. The maximum Gasteiger partial charge on any atom is 0.412 e. The lowest BCUT2D eigenvalue weighted by Gasteiger charge is -2.38. The van der Waals surface area contributed by atoms with Crippen LogP contribution in [0.4, 0.5) is 10.5 Å². The fourth-order valence-electron chi connectivity index (χ4n) is 5.27. The Morgan fingerprint density at radius 2 is 1.81 bits per heavy atom. The first-order chi connectivity index (χ1) is 20.3. The van der Waals surface area contributed by atoms with Crippen LogP contribution in [-0.4, -0.2) is 83.0 Å². The Morgan fingerprint density at radius 1 is 1.02 bits per heavy atom. The van der Waals surface area contributed by atoms with Crippen molar-refractivity contribution in [2.24, 2.45) is 5.92 Å². The summed E-state index contributed by atoms with van der Waals surface area (Å²) < 4.78 is 33.7. The summed E-state index contributed by atoms with van der Waals surface area (Å²) >= 11 is 0. The average molecular weight is 585 g/mol. The van der Waals surface area contributed by atoms with Gasteiger partial charge in [0.15, 0.2) is 0 Å². The minimum absolute atomic E-state index is 0.0719. The third kappa shape index (κ3) is 8.29. The van der Waals surface area contributed by atoms with E-state index in [1.807, 2.05) is 24.3 Å². The van der Waals surface area contributed by atoms with Crippen molar-refractivity contribution in [3.8, 4) is 11.5 Å². The molecule has 2 aromatic rings. The molecule has 4 rings (SSSR count). The van der Waals surface area contributed by atoms with Crippen LogP contribution in [0.1, 0.15) is 50.7 Å². The van der Waals surface area contributed by atoms with E-state index < -0.39 is 18.4 Å². The number of carbonyl (C=O) groups excluding carboxylic acids is 2. The van der Waals surface area contributed by atoms with Crippen LogP contribution < -0.4 is 14.4 Å². The van der Waals surface area contributed by atoms with Crippen molar-refractivity contribution in [2.45, 2.75) is 58.5 Å². The van der Waals surface area contributed by atoms with Crippen LogP contribution >= 0.6 is 0 Å². The zero-order valence-corrected chi connectivity index (χ0v) is 25.4. The van der Waals surface area contributed by atoms with Gasteiger partial charge in [0.25, 0.3) is 0 Å². The van der Waals surface area contributed by atoms with E-state index >= 15 is 0 Å². The predicted molar refractivity (Wildman–Crippen MR) is 158 cm³/mol. The minimum Gasteiger partial charge on any atom is -0.497 e. The average Bonchev–Trinajstić information content (AvgIpc) is 3.00. The second-order valence-electron chi connectivity index (χ2n) is 11.0. The van der Waals surface area contributed by atoms with Crippen molar-refractivity contribution in [1.29, 1.82) is 0 Å². The van der Waals surface area contributed by atoms with E-state index in [4.69, 9.17) is 28.4 Å². The van der Waals surface area contributed by atoms with Crippen LogP contribution in [-0.2, 0) is 30.3 Å². The monoisotopic (exact) mass is 584 g/mol. The van der Waals surface area contributed by atoms with Crippen LogP contribution in [0.5, 0.6) is 11.5 Å². The Morgan fingerprint density at radius 3 is 2.52 bits per heavy atom. The van der Waals surface area contributed by atoms with E-state index in [2.05, 4.69) is 23.1 Å². The quantitative estimate of drug-likeness (QED) is 0.194. The van der Waals surface area contributed by atoms with Gasteiger partial charge in [0, 0.05) is 39.6 Å². The molecular formula is C32H44N2O8. The predicted octanol–water partition coefficient (Wildman–Crippen LogP) is 4.99. The molecule has 1 saturated heterocycles. The smallest absolute Gasteiger partial charge is 0.412 e. The van der Waals surface area contributed by atoms with Gasteiger partial charge in [-0.2, -0.15) is 0 Å². The van der Waals surface area contributed by atoms with Crippen LogP contribution in [0.25, 0.3) is 0 Å². The lowest BCUT2D eigenvalue weighted by Crippen LogP contribution is -2.47. The summed E-state index contributed by atoms with van der Waals surface area (Å²) in [6, 6.07) is 14.1. The summed E-state index contributed by atoms with van der Waals surface area (Å²) in [6.07, 6.45) is -0.159. The van der Waals surface area contributed by atoms with E-state index in [9.17, 15) is 9.59 Å². The SMILES string of the molecule is COCCCN1CCOc2ccc(CO[C@H]3CN(C(=O)OC(C)OC(=O)C(C)C)CC[C@@H]3c3ccc(OC)cc3)cc21. The van der Waals surface area contributed by atoms with Crippen molar-refractivity contribution >= 4 is 17.7 Å². The number of esters is 1. The lowest BCUT2D eigenvalue weighted by atomic mass is 9.87. The summed E-state index contributed by atoms with van der Waals surface area (Å²) in [4.78, 5) is 28.9. The molecule has 3 atom stereocenters. The van der Waals surface area contributed by atoms with Gasteiger partial charge >= 0.3 is 12.1 Å². The number of amides is 1. The number of methoxy groups -OCH3 is 2. The number of hydrogen-bond donors (Lipinski definition) is 0. The molecule has 0 aromatic heterocycles. The van der Waals surface area contributed by atoms with Gasteiger partial charge in [-0.3, -0.25) is 4.79 Å². The lowest BCUT2D eigenvalue weighted by molar-refractivity contribution is -0.170. The third-order valence-electron chi connectivity index (χ3n) is 7.60. The number of hydrogen-bond acceptors (Lipinski definition) is 9. The summed E-state index contributed by atoms with van der Waals surface area (Å²) in [5.74, 6) is 1.01. The highest BCUT2D eigenvalue weighted by atomic mass is 16.7. The zero-order chi connectivity index (χ0) is 30.1. The van der Waals surface area contributed by atoms with Gasteiger partial charge in [0.05, 0.1) is 44.5 Å². The van der Waals surface area contributed by atoms with Crippen molar-refractivity contribution in [3.05, 3.63) is 53.6 Å². The molecule has 10 heteroatoms. The van der Waals surface area contributed by atoms with Crippen molar-refractivity contribution in [3.63, 3.8) is 0 Å². The zero-order valence-electron chi connectivity index (χ0n) is 25.4. The number of likely N-dealkylation sites (tertiary alicyclic amines) is 1. The number of carbonyl (C=O) groups is 2. The molecule has 2 aliphatic heterocycles. The number of fused-ring (bicyclic) bond motifs is 1. The molecular weight excluding hydrogens is 540 g/mol. The minimum atomic E-state index is -0.976. The second kappa shape index (κ2) is 15.1. The Labute approximate surface area is 248 Å². The topological polar surface area (TPSA) is 96.0 Å². The van der Waals surface area contributed by atoms with Crippen molar-refractivity contribution in [2.75, 3.05) is 58.5 Å². The largest absolute Gasteiger partial charge is 0.497 e. The van der Waals surface area contributed by atoms with Gasteiger partial charge in [-0.15, -0.1) is 0 Å². The van der Waals surface area contributed by atoms with E-state index in [-0.39, 0.29) is 17.9 Å². The third-order valence-corrected chi connectivity index (χ3v) is 7.60. The van der Waals surface area contributed by atoms with Crippen LogP contribution in [0.3, 0.4) is 0 Å². The summed E-state index contributed by atoms with van der Waals surface area (Å²) in [5, 5.41) is 0. The Balaban J connectivity index is 1.46. The fourth-order valence-corrected chi connectivity index (χ4v) is 5.27. The Kier molecular flexibility index (Phi) is 11.3. The molecule has 0 aliphatic carbocycles. The first-order valence-corrected chi connectivity index (χ1v) is 14.7.